The molecule has 8 heteroatoms. The number of hydrogen-bond donors (Lipinski definition) is 2. The number of hydroxylamine groups is 2. The highest BCUT2D eigenvalue weighted by Crippen LogP contribution is 2.32. The zero-order valence-corrected chi connectivity index (χ0v) is 19.4. The van der Waals surface area contributed by atoms with Crippen molar-refractivity contribution in [3.05, 3.63) is 83.2 Å². The number of carbonyl (C=O) groups excluding carboxylic acids is 1. The first-order valence-corrected chi connectivity index (χ1v) is 11.3. The molecule has 0 aliphatic carbocycles. The summed E-state index contributed by atoms with van der Waals surface area (Å²) >= 11 is 0. The Kier molecular flexibility index (Phi) is 7.19. The highest BCUT2D eigenvalue weighted by Gasteiger charge is 2.22. The number of nitrogen functional groups attached to an aromatic ring is 1. The fourth-order valence-electron chi connectivity index (χ4n) is 3.69. The number of amides is 1. The van der Waals surface area contributed by atoms with Crippen molar-refractivity contribution >= 4 is 29.2 Å². The first kappa shape index (κ1) is 23.7. The lowest BCUT2D eigenvalue weighted by atomic mass is 10.0. The molecule has 1 aliphatic heterocycles. The van der Waals surface area contributed by atoms with Gasteiger partial charge in [0.15, 0.2) is 0 Å². The highest BCUT2D eigenvalue weighted by atomic mass is 16.7. The van der Waals surface area contributed by atoms with E-state index in [1.807, 2.05) is 55.5 Å². The third-order valence-electron chi connectivity index (χ3n) is 5.50. The van der Waals surface area contributed by atoms with Crippen molar-refractivity contribution < 1.29 is 9.63 Å². The third-order valence-corrected chi connectivity index (χ3v) is 5.50. The standard InChI is InChI=1S/C27H26N6O2/c1-2-11-33(35-17-18-3-8-23(29)9-4-18)27(34)22-12-20-6-5-19(13-25(20)32-26(30)14-22)21-7-10-24(15-28)31-16-21/h3-10,12-13,16H,2,11,14,17,29H2,1H3,(H2,30,32). The second-order valence-corrected chi connectivity index (χ2v) is 8.19. The lowest BCUT2D eigenvalue weighted by Crippen LogP contribution is -2.34. The van der Waals surface area contributed by atoms with E-state index in [0.29, 0.717) is 35.0 Å². The van der Waals surface area contributed by atoms with Crippen molar-refractivity contribution in [1.29, 1.82) is 5.26 Å². The molecule has 0 saturated heterocycles. The molecule has 1 aromatic heterocycles. The van der Waals surface area contributed by atoms with E-state index in [-0.39, 0.29) is 18.9 Å². The van der Waals surface area contributed by atoms with Gasteiger partial charge in [0.1, 0.15) is 24.2 Å². The number of aromatic nitrogens is 1. The number of amidine groups is 1. The highest BCUT2D eigenvalue weighted by molar-refractivity contribution is 6.05. The summed E-state index contributed by atoms with van der Waals surface area (Å²) in [5, 5.41) is 10.4. The van der Waals surface area contributed by atoms with Gasteiger partial charge in [-0.25, -0.2) is 15.0 Å². The molecule has 0 spiro atoms. The van der Waals surface area contributed by atoms with Crippen molar-refractivity contribution in [3.63, 3.8) is 0 Å². The molecule has 0 bridgehead atoms. The quantitative estimate of drug-likeness (QED) is 0.393. The zero-order chi connectivity index (χ0) is 24.8. The molecule has 0 atom stereocenters. The second kappa shape index (κ2) is 10.6. The monoisotopic (exact) mass is 466 g/mol. The number of rotatable bonds is 7. The first-order chi connectivity index (χ1) is 17.0. The van der Waals surface area contributed by atoms with Crippen LogP contribution in [0.5, 0.6) is 0 Å². The van der Waals surface area contributed by atoms with Crippen molar-refractivity contribution in [2.24, 2.45) is 10.7 Å². The number of nitrogens with two attached hydrogens (primary N) is 2. The van der Waals surface area contributed by atoms with E-state index in [9.17, 15) is 4.79 Å². The van der Waals surface area contributed by atoms with E-state index in [0.717, 1.165) is 28.7 Å². The number of benzene rings is 2. The molecule has 0 radical (unpaired) electrons. The number of carbonyl (C=O) groups is 1. The summed E-state index contributed by atoms with van der Waals surface area (Å²) in [5.74, 6) is 0.0992. The summed E-state index contributed by atoms with van der Waals surface area (Å²) in [6.45, 7) is 2.68. The number of aliphatic imine (C=N–C) groups is 1. The van der Waals surface area contributed by atoms with E-state index < -0.39 is 0 Å². The minimum Gasteiger partial charge on any atom is -0.399 e. The Balaban J connectivity index is 1.58. The van der Waals surface area contributed by atoms with Crippen LogP contribution in [0.15, 0.2) is 71.4 Å². The van der Waals surface area contributed by atoms with Gasteiger partial charge in [0.2, 0.25) is 0 Å². The van der Waals surface area contributed by atoms with Crippen LogP contribution in [-0.2, 0) is 16.2 Å². The van der Waals surface area contributed by atoms with E-state index in [2.05, 4.69) is 9.98 Å². The van der Waals surface area contributed by atoms with Crippen molar-refractivity contribution in [2.45, 2.75) is 26.4 Å². The van der Waals surface area contributed by atoms with Crippen LogP contribution in [0.4, 0.5) is 11.4 Å². The van der Waals surface area contributed by atoms with E-state index in [1.54, 1.807) is 24.4 Å². The summed E-state index contributed by atoms with van der Waals surface area (Å²) < 4.78 is 0. The third kappa shape index (κ3) is 5.72. The van der Waals surface area contributed by atoms with Crippen LogP contribution in [0, 0.1) is 11.3 Å². The predicted octanol–water partition coefficient (Wildman–Crippen LogP) is 4.35. The molecule has 8 nitrogen and oxygen atoms in total. The Morgan fingerprint density at radius 1 is 1.11 bits per heavy atom. The van der Waals surface area contributed by atoms with Crippen LogP contribution in [0.3, 0.4) is 0 Å². The van der Waals surface area contributed by atoms with Gasteiger partial charge in [0.05, 0.1) is 5.69 Å². The van der Waals surface area contributed by atoms with E-state index in [1.165, 1.54) is 5.06 Å². The Morgan fingerprint density at radius 3 is 2.57 bits per heavy atom. The molecular formula is C27H26N6O2. The molecule has 0 fully saturated rings. The molecular weight excluding hydrogens is 440 g/mol. The maximum atomic E-state index is 13.4. The van der Waals surface area contributed by atoms with Gasteiger partial charge >= 0.3 is 0 Å². The van der Waals surface area contributed by atoms with Crippen LogP contribution < -0.4 is 11.5 Å². The number of fused-ring (bicyclic) bond motifs is 1. The maximum absolute atomic E-state index is 13.4. The van der Waals surface area contributed by atoms with Gasteiger partial charge < -0.3 is 11.5 Å². The predicted molar refractivity (Wildman–Crippen MR) is 136 cm³/mol. The first-order valence-electron chi connectivity index (χ1n) is 11.3. The molecule has 176 valence electrons. The zero-order valence-electron chi connectivity index (χ0n) is 19.4. The average Bonchev–Trinajstić information content (AvgIpc) is 3.04. The average molecular weight is 467 g/mol. The lowest BCUT2D eigenvalue weighted by molar-refractivity contribution is -0.187. The van der Waals surface area contributed by atoms with Crippen molar-refractivity contribution in [3.8, 4) is 17.2 Å². The maximum Gasteiger partial charge on any atom is 0.273 e. The number of pyridine rings is 1. The Morgan fingerprint density at radius 2 is 1.89 bits per heavy atom. The molecule has 0 unspecified atom stereocenters. The molecule has 2 heterocycles. The lowest BCUT2D eigenvalue weighted by Gasteiger charge is -2.22. The topological polar surface area (TPSA) is 131 Å². The molecule has 4 N–H and O–H groups in total. The number of anilines is 1. The van der Waals surface area contributed by atoms with Crippen LogP contribution in [-0.4, -0.2) is 28.3 Å². The van der Waals surface area contributed by atoms with Crippen LogP contribution >= 0.6 is 0 Å². The van der Waals surface area contributed by atoms with Crippen LogP contribution in [0.1, 0.15) is 36.6 Å². The number of nitrogens with zero attached hydrogens (tertiary/aromatic N) is 4. The van der Waals surface area contributed by atoms with Gasteiger partial charge in [-0.1, -0.05) is 31.2 Å². The molecule has 0 saturated carbocycles. The van der Waals surface area contributed by atoms with E-state index >= 15 is 0 Å². The van der Waals surface area contributed by atoms with Gasteiger partial charge in [-0.15, -0.1) is 0 Å². The molecule has 35 heavy (non-hydrogen) atoms. The summed E-state index contributed by atoms with van der Waals surface area (Å²) in [4.78, 5) is 27.9. The van der Waals surface area contributed by atoms with Gasteiger partial charge in [0, 0.05) is 41.5 Å². The SMILES string of the molecule is CCCN(OCc1ccc(N)cc1)C(=O)C1=Cc2ccc(-c3ccc(C#N)nc3)cc2N=C(N)C1. The van der Waals surface area contributed by atoms with E-state index in [4.69, 9.17) is 21.6 Å². The number of hydrogen-bond acceptors (Lipinski definition) is 7. The largest absolute Gasteiger partial charge is 0.399 e. The molecule has 2 aromatic carbocycles. The molecule has 3 aromatic rings. The second-order valence-electron chi connectivity index (χ2n) is 8.19. The minimum atomic E-state index is -0.242. The minimum absolute atomic E-state index is 0.215. The van der Waals surface area contributed by atoms with Crippen LogP contribution in [0.2, 0.25) is 0 Å². The van der Waals surface area contributed by atoms with Gasteiger partial charge in [-0.3, -0.25) is 9.63 Å². The Bertz CT molecular complexity index is 1320. The number of nitriles is 1. The molecule has 4 rings (SSSR count). The fraction of sp³-hybridized carbons (Fsp3) is 0.185. The fourth-order valence-corrected chi connectivity index (χ4v) is 3.69. The Hall–Kier alpha value is -4.48. The summed E-state index contributed by atoms with van der Waals surface area (Å²) in [5.41, 5.74) is 17.6. The van der Waals surface area contributed by atoms with Gasteiger partial charge in [-0.2, -0.15) is 5.26 Å². The smallest absolute Gasteiger partial charge is 0.273 e. The normalized spacial score (nSPS) is 12.6. The van der Waals surface area contributed by atoms with Crippen molar-refractivity contribution in [2.75, 3.05) is 12.3 Å². The van der Waals surface area contributed by atoms with Gasteiger partial charge in [0.25, 0.3) is 5.91 Å². The Labute approximate surface area is 204 Å². The van der Waals surface area contributed by atoms with Gasteiger partial charge in [-0.05, 0) is 54.0 Å². The molecule has 1 aliphatic rings. The van der Waals surface area contributed by atoms with Crippen LogP contribution in [0.25, 0.3) is 17.2 Å². The molecule has 1 amide bonds. The summed E-state index contributed by atoms with van der Waals surface area (Å²) in [6.07, 6.45) is 4.42. The van der Waals surface area contributed by atoms with Crippen molar-refractivity contribution in [1.82, 2.24) is 10.0 Å². The summed E-state index contributed by atoms with van der Waals surface area (Å²) in [6, 6.07) is 18.6. The summed E-state index contributed by atoms with van der Waals surface area (Å²) in [7, 11) is 0.